The highest BCUT2D eigenvalue weighted by Crippen LogP contribution is 2.03. The van der Waals surface area contributed by atoms with Crippen molar-refractivity contribution in [2.75, 3.05) is 13.1 Å². The molecule has 0 aromatic heterocycles. The lowest BCUT2D eigenvalue weighted by molar-refractivity contribution is -0.139. The smallest absolute Gasteiger partial charge is 0.255 e. The second-order valence-corrected chi connectivity index (χ2v) is 3.11. The summed E-state index contributed by atoms with van der Waals surface area (Å²) in [5.74, 6) is -0.799. The molecule has 14 heavy (non-hydrogen) atoms. The summed E-state index contributed by atoms with van der Waals surface area (Å²) in [5, 5.41) is 0. The molecule has 4 nitrogen and oxygen atoms in total. The fourth-order valence-electron chi connectivity index (χ4n) is 0.885. The maximum atomic E-state index is 11.5. The number of carbonyl (C=O) groups excluding carboxylic acids is 2. The van der Waals surface area contributed by atoms with Gasteiger partial charge in [0.25, 0.3) is 11.8 Å². The summed E-state index contributed by atoms with van der Waals surface area (Å²) in [7, 11) is 0. The van der Waals surface area contributed by atoms with E-state index in [1.54, 1.807) is 13.8 Å². The van der Waals surface area contributed by atoms with Crippen LogP contribution in [0.4, 0.5) is 0 Å². The Kier molecular flexibility index (Phi) is 4.80. The summed E-state index contributed by atoms with van der Waals surface area (Å²) in [5.41, 5.74) is 5.93. The lowest BCUT2D eigenvalue weighted by atomic mass is 10.2. The number of carbonyl (C=O) groups is 2. The van der Waals surface area contributed by atoms with Crippen molar-refractivity contribution in [3.8, 4) is 0 Å². The van der Waals surface area contributed by atoms with Gasteiger partial charge in [-0.05, 0) is 13.8 Å². The third-order valence-electron chi connectivity index (χ3n) is 1.57. The quantitative estimate of drug-likeness (QED) is 0.664. The molecule has 0 aliphatic rings. The summed E-state index contributed by atoms with van der Waals surface area (Å²) in [6.45, 7) is 10.5. The van der Waals surface area contributed by atoms with Crippen LogP contribution in [0.2, 0.25) is 0 Å². The Bertz CT molecular complexity index is 256. The van der Waals surface area contributed by atoms with Crippen molar-refractivity contribution >= 4 is 11.8 Å². The molecule has 0 fully saturated rings. The Hall–Kier alpha value is -1.42. The molecule has 0 saturated heterocycles. The van der Waals surface area contributed by atoms with Gasteiger partial charge in [0.05, 0.1) is 0 Å². The predicted octanol–water partition coefficient (Wildman–Crippen LogP) is 0.453. The van der Waals surface area contributed by atoms with Crippen LogP contribution in [0.3, 0.4) is 0 Å². The first kappa shape index (κ1) is 12.6. The lowest BCUT2D eigenvalue weighted by Gasteiger charge is -2.19. The van der Waals surface area contributed by atoms with Gasteiger partial charge in [0.15, 0.2) is 0 Å². The number of rotatable bonds is 4. The van der Waals surface area contributed by atoms with Crippen LogP contribution in [0.5, 0.6) is 0 Å². The molecule has 0 bridgehead atoms. The fraction of sp³-hybridized carbons (Fsp3) is 0.400. The summed E-state index contributed by atoms with van der Waals surface area (Å²) >= 11 is 0. The van der Waals surface area contributed by atoms with Gasteiger partial charge in [0.2, 0.25) is 0 Å². The van der Waals surface area contributed by atoms with Gasteiger partial charge in [-0.3, -0.25) is 14.5 Å². The van der Waals surface area contributed by atoms with Crippen molar-refractivity contribution in [1.29, 1.82) is 0 Å². The van der Waals surface area contributed by atoms with Crippen LogP contribution in [-0.4, -0.2) is 29.8 Å². The molecule has 0 rings (SSSR count). The van der Waals surface area contributed by atoms with Crippen molar-refractivity contribution in [2.24, 2.45) is 5.73 Å². The van der Waals surface area contributed by atoms with Crippen LogP contribution in [0.15, 0.2) is 24.3 Å². The molecule has 0 saturated carbocycles. The van der Waals surface area contributed by atoms with Gasteiger partial charge in [-0.2, -0.15) is 0 Å². The molecule has 2 N–H and O–H groups in total. The lowest BCUT2D eigenvalue weighted by Crippen LogP contribution is -2.40. The number of hydrogen-bond acceptors (Lipinski definition) is 3. The van der Waals surface area contributed by atoms with E-state index in [1.807, 2.05) is 0 Å². The first-order valence-electron chi connectivity index (χ1n) is 4.29. The topological polar surface area (TPSA) is 63.4 Å². The zero-order chi connectivity index (χ0) is 11.3. The Balaban J connectivity index is 4.76. The fourth-order valence-corrected chi connectivity index (χ4v) is 0.885. The molecular formula is C10H16N2O2. The third-order valence-corrected chi connectivity index (χ3v) is 1.57. The molecule has 2 amide bonds. The molecule has 0 heterocycles. The van der Waals surface area contributed by atoms with Gasteiger partial charge in [0.1, 0.15) is 0 Å². The van der Waals surface area contributed by atoms with Crippen LogP contribution < -0.4 is 5.73 Å². The zero-order valence-corrected chi connectivity index (χ0v) is 8.67. The minimum atomic E-state index is -0.400. The highest BCUT2D eigenvalue weighted by molar-refractivity contribution is 6.08. The Morgan fingerprint density at radius 3 is 1.71 bits per heavy atom. The predicted molar refractivity (Wildman–Crippen MR) is 55.4 cm³/mol. The number of hydrogen-bond donors (Lipinski definition) is 1. The van der Waals surface area contributed by atoms with Crippen LogP contribution in [0.25, 0.3) is 0 Å². The van der Waals surface area contributed by atoms with E-state index in [2.05, 4.69) is 13.2 Å². The zero-order valence-electron chi connectivity index (χ0n) is 8.67. The van der Waals surface area contributed by atoms with E-state index in [9.17, 15) is 9.59 Å². The molecule has 78 valence electrons. The molecule has 0 aliphatic heterocycles. The van der Waals surface area contributed by atoms with Crippen LogP contribution in [0, 0.1) is 0 Å². The van der Waals surface area contributed by atoms with Gasteiger partial charge in [-0.15, -0.1) is 0 Å². The van der Waals surface area contributed by atoms with E-state index >= 15 is 0 Å². The molecular weight excluding hydrogens is 180 g/mol. The van der Waals surface area contributed by atoms with Gasteiger partial charge in [0, 0.05) is 24.2 Å². The largest absolute Gasteiger partial charge is 0.329 e. The van der Waals surface area contributed by atoms with E-state index < -0.39 is 11.8 Å². The molecule has 0 aromatic carbocycles. The number of imide groups is 1. The van der Waals surface area contributed by atoms with Gasteiger partial charge in [-0.25, -0.2) is 0 Å². The van der Waals surface area contributed by atoms with Crippen LogP contribution >= 0.6 is 0 Å². The Morgan fingerprint density at radius 2 is 1.50 bits per heavy atom. The summed E-state index contributed by atoms with van der Waals surface area (Å²) in [6.07, 6.45) is 0. The van der Waals surface area contributed by atoms with E-state index in [-0.39, 0.29) is 13.1 Å². The average molecular weight is 196 g/mol. The third kappa shape index (κ3) is 3.14. The van der Waals surface area contributed by atoms with Crippen molar-refractivity contribution in [2.45, 2.75) is 13.8 Å². The Labute approximate surface area is 84.1 Å². The summed E-state index contributed by atoms with van der Waals surface area (Å²) < 4.78 is 0. The molecule has 0 aromatic rings. The minimum absolute atomic E-state index is 0.192. The summed E-state index contributed by atoms with van der Waals surface area (Å²) in [4.78, 5) is 24.0. The molecule has 0 atom stereocenters. The van der Waals surface area contributed by atoms with E-state index in [0.717, 1.165) is 4.90 Å². The molecule has 0 radical (unpaired) electrons. The van der Waals surface area contributed by atoms with Crippen molar-refractivity contribution < 1.29 is 9.59 Å². The average Bonchev–Trinajstić information content (AvgIpc) is 2.11. The van der Waals surface area contributed by atoms with Crippen molar-refractivity contribution in [3.63, 3.8) is 0 Å². The molecule has 4 heteroatoms. The maximum absolute atomic E-state index is 11.5. The van der Waals surface area contributed by atoms with Gasteiger partial charge >= 0.3 is 0 Å². The SMILES string of the molecule is C=C(C)C(=O)N(CCN)C(=O)C(=C)C. The van der Waals surface area contributed by atoms with Gasteiger partial charge < -0.3 is 5.73 Å². The number of nitrogens with two attached hydrogens (primary N) is 1. The molecule has 0 spiro atoms. The van der Waals surface area contributed by atoms with E-state index in [1.165, 1.54) is 0 Å². The Morgan fingerprint density at radius 1 is 1.14 bits per heavy atom. The number of amides is 2. The minimum Gasteiger partial charge on any atom is -0.329 e. The first-order chi connectivity index (χ1) is 6.41. The first-order valence-corrected chi connectivity index (χ1v) is 4.29. The second kappa shape index (κ2) is 5.34. The highest BCUT2D eigenvalue weighted by atomic mass is 16.2. The van der Waals surface area contributed by atoms with Crippen LogP contribution in [-0.2, 0) is 9.59 Å². The second-order valence-electron chi connectivity index (χ2n) is 3.11. The molecule has 0 unspecified atom stereocenters. The highest BCUT2D eigenvalue weighted by Gasteiger charge is 2.20. The normalized spacial score (nSPS) is 9.36. The van der Waals surface area contributed by atoms with E-state index in [0.29, 0.717) is 11.1 Å². The van der Waals surface area contributed by atoms with Crippen molar-refractivity contribution in [3.05, 3.63) is 24.3 Å². The standard InChI is InChI=1S/C10H16N2O2/c1-7(2)9(13)12(6-5-11)10(14)8(3)4/h1,3,5-6,11H2,2,4H3. The number of nitrogens with zero attached hydrogens (tertiary/aromatic N) is 1. The van der Waals surface area contributed by atoms with Crippen molar-refractivity contribution in [1.82, 2.24) is 4.90 Å². The summed E-state index contributed by atoms with van der Waals surface area (Å²) in [6, 6.07) is 0. The molecule has 0 aliphatic carbocycles. The van der Waals surface area contributed by atoms with Crippen LogP contribution in [0.1, 0.15) is 13.8 Å². The monoisotopic (exact) mass is 196 g/mol. The van der Waals surface area contributed by atoms with E-state index in [4.69, 9.17) is 5.73 Å². The maximum Gasteiger partial charge on any atom is 0.255 e. The van der Waals surface area contributed by atoms with Gasteiger partial charge in [-0.1, -0.05) is 13.2 Å².